The Kier molecular flexibility index (Phi) is 5.15. The first-order chi connectivity index (χ1) is 15.2. The van der Waals surface area contributed by atoms with Gasteiger partial charge in [-0.25, -0.2) is 0 Å². The lowest BCUT2D eigenvalue weighted by molar-refractivity contribution is -0.140. The normalized spacial score (nSPS) is 28.5. The van der Waals surface area contributed by atoms with Crippen molar-refractivity contribution in [1.29, 1.82) is 0 Å². The minimum atomic E-state index is -0.343. The minimum absolute atomic E-state index is 0.00672. The Labute approximate surface area is 187 Å². The van der Waals surface area contributed by atoms with Gasteiger partial charge in [0.05, 0.1) is 23.4 Å². The van der Waals surface area contributed by atoms with Crippen LogP contribution in [0.2, 0.25) is 0 Å². The molecule has 3 aliphatic rings. The molecule has 32 heavy (non-hydrogen) atoms. The second kappa shape index (κ2) is 7.76. The van der Waals surface area contributed by atoms with Crippen LogP contribution in [0, 0.1) is 11.8 Å². The zero-order valence-electron chi connectivity index (χ0n) is 18.9. The van der Waals surface area contributed by atoms with Crippen molar-refractivity contribution in [3.05, 3.63) is 24.2 Å². The number of piperidine rings is 1. The number of aromatic nitrogens is 3. The highest BCUT2D eigenvalue weighted by atomic mass is 16.5. The van der Waals surface area contributed by atoms with Gasteiger partial charge in [-0.2, -0.15) is 5.10 Å². The van der Waals surface area contributed by atoms with Gasteiger partial charge in [0, 0.05) is 37.6 Å². The molecule has 0 spiro atoms. The number of hydrogen-bond donors (Lipinski definition) is 0. The van der Waals surface area contributed by atoms with E-state index in [2.05, 4.69) is 23.9 Å². The van der Waals surface area contributed by atoms with E-state index in [1.807, 2.05) is 4.90 Å². The molecular weight excluding hydrogens is 408 g/mol. The molecule has 1 amide bonds. The van der Waals surface area contributed by atoms with Crippen molar-refractivity contribution < 1.29 is 19.1 Å². The Bertz CT molecular complexity index is 1090. The number of ether oxygens (including phenoxy) is 1. The second-order valence-corrected chi connectivity index (χ2v) is 10.2. The summed E-state index contributed by atoms with van der Waals surface area (Å²) in [4.78, 5) is 44.6. The van der Waals surface area contributed by atoms with E-state index < -0.39 is 0 Å². The molecule has 170 valence electrons. The largest absolute Gasteiger partial charge is 0.376 e. The van der Waals surface area contributed by atoms with E-state index in [0.717, 1.165) is 25.7 Å². The lowest BCUT2D eigenvalue weighted by atomic mass is 9.83. The highest BCUT2D eigenvalue weighted by Gasteiger charge is 2.55. The first kappa shape index (κ1) is 21.2. The maximum Gasteiger partial charge on any atom is 0.245 e. The number of ketones is 2. The topological polar surface area (TPSA) is 94.4 Å². The van der Waals surface area contributed by atoms with Crippen molar-refractivity contribution >= 4 is 28.4 Å². The van der Waals surface area contributed by atoms with E-state index in [1.54, 1.807) is 23.1 Å². The van der Waals surface area contributed by atoms with E-state index in [4.69, 9.17) is 4.74 Å². The second-order valence-electron chi connectivity index (χ2n) is 10.2. The van der Waals surface area contributed by atoms with E-state index in [1.165, 1.54) is 6.92 Å². The van der Waals surface area contributed by atoms with Gasteiger partial charge in [0.1, 0.15) is 12.2 Å². The van der Waals surface area contributed by atoms with E-state index in [-0.39, 0.29) is 41.7 Å². The van der Waals surface area contributed by atoms with Gasteiger partial charge < -0.3 is 9.64 Å². The third kappa shape index (κ3) is 3.85. The van der Waals surface area contributed by atoms with Crippen molar-refractivity contribution in [3.8, 4) is 0 Å². The molecule has 2 aromatic rings. The van der Waals surface area contributed by atoms with Gasteiger partial charge in [-0.1, -0.05) is 0 Å². The summed E-state index contributed by atoms with van der Waals surface area (Å²) in [7, 11) is 0. The molecule has 3 fully saturated rings. The third-order valence-electron chi connectivity index (χ3n) is 7.23. The summed E-state index contributed by atoms with van der Waals surface area (Å²) in [5.41, 5.74) is 0.806. The Hall–Kier alpha value is -2.61. The number of likely N-dealkylation sites (tertiary alicyclic amines) is 1. The number of carbonyl (C=O) groups is 3. The van der Waals surface area contributed by atoms with Crippen molar-refractivity contribution in [2.45, 2.75) is 77.1 Å². The first-order valence-electron chi connectivity index (χ1n) is 11.5. The average molecular weight is 439 g/mol. The van der Waals surface area contributed by atoms with E-state index in [9.17, 15) is 14.4 Å². The van der Waals surface area contributed by atoms with Crippen LogP contribution in [0.4, 0.5) is 0 Å². The molecule has 0 N–H and O–H groups in total. The minimum Gasteiger partial charge on any atom is -0.376 e. The fourth-order valence-corrected chi connectivity index (χ4v) is 5.67. The number of pyridine rings is 1. The predicted molar refractivity (Wildman–Crippen MR) is 117 cm³/mol. The van der Waals surface area contributed by atoms with Gasteiger partial charge in [0.15, 0.2) is 11.6 Å². The molecule has 4 atom stereocenters. The molecule has 0 aromatic carbocycles. The summed E-state index contributed by atoms with van der Waals surface area (Å²) in [6.45, 7) is 6.30. The molecule has 2 saturated heterocycles. The van der Waals surface area contributed by atoms with Gasteiger partial charge in [-0.3, -0.25) is 24.0 Å². The highest BCUT2D eigenvalue weighted by Crippen LogP contribution is 2.48. The number of Topliss-reactive ketones (excluding diaryl/α,β-unsaturated/α-hetero) is 2. The zero-order valence-corrected chi connectivity index (χ0v) is 18.9. The van der Waals surface area contributed by atoms with Crippen LogP contribution in [-0.4, -0.2) is 61.4 Å². The van der Waals surface area contributed by atoms with Crippen molar-refractivity contribution in [1.82, 2.24) is 19.7 Å². The monoisotopic (exact) mass is 438 g/mol. The van der Waals surface area contributed by atoms with Crippen LogP contribution >= 0.6 is 0 Å². The number of fused-ring (bicyclic) bond motifs is 2. The van der Waals surface area contributed by atoms with E-state index in [0.29, 0.717) is 41.5 Å². The van der Waals surface area contributed by atoms with Gasteiger partial charge >= 0.3 is 0 Å². The fraction of sp³-hybridized carbons (Fsp3) is 0.625. The summed E-state index contributed by atoms with van der Waals surface area (Å²) in [6, 6.07) is 1.56. The maximum atomic E-state index is 13.4. The molecule has 0 radical (unpaired) electrons. The Morgan fingerprint density at radius 2 is 2.06 bits per heavy atom. The van der Waals surface area contributed by atoms with Gasteiger partial charge in [-0.15, -0.1) is 0 Å². The molecule has 8 heteroatoms. The highest BCUT2D eigenvalue weighted by molar-refractivity contribution is 6.04. The number of nitrogens with zero attached hydrogens (tertiary/aromatic N) is 4. The maximum absolute atomic E-state index is 13.4. The summed E-state index contributed by atoms with van der Waals surface area (Å²) >= 11 is 0. The molecule has 5 rings (SSSR count). The molecular formula is C24H30N4O4. The third-order valence-corrected chi connectivity index (χ3v) is 7.23. The lowest BCUT2D eigenvalue weighted by Gasteiger charge is -2.36. The van der Waals surface area contributed by atoms with Crippen LogP contribution < -0.4 is 0 Å². The molecule has 2 aliphatic heterocycles. The van der Waals surface area contributed by atoms with Crippen LogP contribution in [0.25, 0.3) is 10.9 Å². The van der Waals surface area contributed by atoms with Crippen LogP contribution in [0.15, 0.2) is 18.5 Å². The van der Waals surface area contributed by atoms with Gasteiger partial charge in [0.25, 0.3) is 0 Å². The van der Waals surface area contributed by atoms with Crippen LogP contribution in [0.3, 0.4) is 0 Å². The SMILES string of the molecule is CC(=O)c1nn(CC(=O)N2[C@@H]3C[C@@H]3C[C@H]2C(=O)CC2CCOC(C)(C)C2)c2cnccc12. The quantitative estimate of drug-likeness (QED) is 0.644. The molecule has 1 saturated carbocycles. The number of carbonyl (C=O) groups excluding carboxylic acids is 3. The molecule has 2 aromatic heterocycles. The molecule has 4 heterocycles. The summed E-state index contributed by atoms with van der Waals surface area (Å²) in [5, 5.41) is 5.09. The summed E-state index contributed by atoms with van der Waals surface area (Å²) < 4.78 is 7.35. The van der Waals surface area contributed by atoms with Gasteiger partial charge in [-0.05, 0) is 57.4 Å². The first-order valence-corrected chi connectivity index (χ1v) is 11.5. The van der Waals surface area contributed by atoms with Crippen molar-refractivity contribution in [3.63, 3.8) is 0 Å². The van der Waals surface area contributed by atoms with Gasteiger partial charge in [0.2, 0.25) is 5.91 Å². The standard InChI is InChI=1S/C24H30N4O4/c1-14(29)23-17-4-6-25-12-20(17)27(26-23)13-22(31)28-18-9-16(18)10-19(28)21(30)8-15-5-7-32-24(2,3)11-15/h4,6,12,15-16,18-19H,5,7-11,13H2,1-3H3/t15?,16-,18-,19+/m1/s1. The number of amides is 1. The zero-order chi connectivity index (χ0) is 22.6. The van der Waals surface area contributed by atoms with Crippen molar-refractivity contribution in [2.24, 2.45) is 11.8 Å². The molecule has 0 bridgehead atoms. The van der Waals surface area contributed by atoms with Crippen LogP contribution in [0.5, 0.6) is 0 Å². The van der Waals surface area contributed by atoms with Crippen molar-refractivity contribution in [2.75, 3.05) is 6.61 Å². The number of rotatable bonds is 6. The molecule has 1 aliphatic carbocycles. The summed E-state index contributed by atoms with van der Waals surface area (Å²) in [6.07, 6.45) is 7.24. The average Bonchev–Trinajstić information content (AvgIpc) is 3.23. The molecule has 8 nitrogen and oxygen atoms in total. The van der Waals surface area contributed by atoms with Crippen LogP contribution in [0.1, 0.15) is 63.4 Å². The number of hydrogen-bond acceptors (Lipinski definition) is 6. The Morgan fingerprint density at radius 1 is 1.25 bits per heavy atom. The molecule has 1 unspecified atom stereocenters. The Morgan fingerprint density at radius 3 is 2.81 bits per heavy atom. The Balaban J connectivity index is 1.33. The smallest absolute Gasteiger partial charge is 0.245 e. The van der Waals surface area contributed by atoms with Crippen LogP contribution in [-0.2, 0) is 20.9 Å². The summed E-state index contributed by atoms with van der Waals surface area (Å²) in [5.74, 6) is 0.652. The van der Waals surface area contributed by atoms with E-state index >= 15 is 0 Å². The predicted octanol–water partition coefficient (Wildman–Crippen LogP) is 2.79. The lowest BCUT2D eigenvalue weighted by Crippen LogP contribution is -2.45. The fourth-order valence-electron chi connectivity index (χ4n) is 5.67.